The Morgan fingerprint density at radius 1 is 0.455 bits per heavy atom. The zero-order chi connectivity index (χ0) is 29.7. The van der Waals surface area contributed by atoms with E-state index in [2.05, 4.69) is 194 Å². The van der Waals surface area contributed by atoms with Crippen molar-refractivity contribution in [2.24, 2.45) is 5.92 Å². The van der Waals surface area contributed by atoms with Crippen molar-refractivity contribution in [2.75, 3.05) is 4.90 Å². The second-order valence-corrected chi connectivity index (χ2v) is 11.5. The summed E-state index contributed by atoms with van der Waals surface area (Å²) in [5.74, 6) is 0.697. The smallest absolute Gasteiger partial charge is 0.0468 e. The highest BCUT2D eigenvalue weighted by molar-refractivity contribution is 5.88. The molecule has 7 rings (SSSR count). The molecule has 1 heteroatoms. The van der Waals surface area contributed by atoms with Gasteiger partial charge in [-0.05, 0) is 75.2 Å². The van der Waals surface area contributed by atoms with Crippen LogP contribution >= 0.6 is 0 Å². The van der Waals surface area contributed by atoms with Gasteiger partial charge in [0.1, 0.15) is 0 Å². The molecule has 1 aliphatic carbocycles. The zero-order valence-electron chi connectivity index (χ0n) is 24.9. The summed E-state index contributed by atoms with van der Waals surface area (Å²) in [7, 11) is 0. The van der Waals surface area contributed by atoms with Gasteiger partial charge in [0.15, 0.2) is 0 Å². The molecule has 0 bridgehead atoms. The molecule has 0 saturated carbocycles. The summed E-state index contributed by atoms with van der Waals surface area (Å²) in [6.07, 6.45) is 7.10. The summed E-state index contributed by atoms with van der Waals surface area (Å²) in [6.45, 7) is 2.33. The first-order valence-corrected chi connectivity index (χ1v) is 15.4. The van der Waals surface area contributed by atoms with E-state index in [4.69, 9.17) is 0 Å². The van der Waals surface area contributed by atoms with Gasteiger partial charge in [0.25, 0.3) is 0 Å². The lowest BCUT2D eigenvalue weighted by Gasteiger charge is -2.32. The molecule has 0 saturated heterocycles. The minimum Gasteiger partial charge on any atom is -0.311 e. The van der Waals surface area contributed by atoms with E-state index < -0.39 is 0 Å². The van der Waals surface area contributed by atoms with Crippen molar-refractivity contribution in [3.63, 3.8) is 0 Å². The zero-order valence-corrected chi connectivity index (χ0v) is 24.9. The Morgan fingerprint density at radius 2 is 0.955 bits per heavy atom. The molecule has 0 heterocycles. The first-order chi connectivity index (χ1) is 21.7. The highest BCUT2D eigenvalue weighted by Crippen LogP contribution is 2.41. The lowest BCUT2D eigenvalue weighted by molar-refractivity contribution is 0.628. The molecule has 0 fully saturated rings. The predicted octanol–water partition coefficient (Wildman–Crippen LogP) is 11.7. The predicted molar refractivity (Wildman–Crippen MR) is 187 cm³/mol. The molecule has 1 nitrogen and oxygen atoms in total. The van der Waals surface area contributed by atoms with E-state index in [-0.39, 0.29) is 0 Å². The monoisotopic (exact) mass is 565 g/mol. The van der Waals surface area contributed by atoms with Crippen LogP contribution in [0.25, 0.3) is 33.4 Å². The fourth-order valence-electron chi connectivity index (χ4n) is 6.32. The van der Waals surface area contributed by atoms with Crippen molar-refractivity contribution < 1.29 is 0 Å². The minimum atomic E-state index is 0.348. The number of rotatable bonds is 7. The molecule has 0 N–H and O–H groups in total. The van der Waals surface area contributed by atoms with Crippen LogP contribution in [0.4, 0.5) is 11.4 Å². The SMILES string of the molecule is CC1C=C(N(c2ccc(-c3ccccc3)cc2)c2ccc(-c3ccccc3)c(-c3ccccc3)c2)C=CC1c1ccccc1. The van der Waals surface area contributed by atoms with E-state index in [0.29, 0.717) is 11.8 Å². The average Bonchev–Trinajstić information content (AvgIpc) is 3.10. The number of benzene rings is 6. The second kappa shape index (κ2) is 12.5. The van der Waals surface area contributed by atoms with Gasteiger partial charge in [-0.1, -0.05) is 159 Å². The molecule has 44 heavy (non-hydrogen) atoms. The molecular formula is C43H35N. The molecule has 0 amide bonds. The van der Waals surface area contributed by atoms with E-state index >= 15 is 0 Å². The number of nitrogens with zero attached hydrogens (tertiary/aromatic N) is 1. The maximum atomic E-state index is 2.43. The largest absolute Gasteiger partial charge is 0.311 e. The Hall–Kier alpha value is -5.40. The molecule has 0 aliphatic heterocycles. The number of anilines is 2. The van der Waals surface area contributed by atoms with Gasteiger partial charge < -0.3 is 4.90 Å². The van der Waals surface area contributed by atoms with Crippen molar-refractivity contribution >= 4 is 11.4 Å². The van der Waals surface area contributed by atoms with Gasteiger partial charge in [-0.25, -0.2) is 0 Å². The van der Waals surface area contributed by atoms with E-state index in [1.54, 1.807) is 0 Å². The van der Waals surface area contributed by atoms with Crippen LogP contribution in [0.15, 0.2) is 188 Å². The standard InChI is InChI=1S/C43H35N/c1-32-30-39(26-28-41(32)35-16-8-3-9-17-35)44(38-24-22-34(23-25-38)33-14-6-2-7-15-33)40-27-29-42(36-18-10-4-11-19-36)43(31-40)37-20-12-5-13-21-37/h2-32,41H,1H3. The molecule has 0 spiro atoms. The highest BCUT2D eigenvalue weighted by atomic mass is 15.1. The maximum Gasteiger partial charge on any atom is 0.0468 e. The van der Waals surface area contributed by atoms with Crippen molar-refractivity contribution in [3.8, 4) is 33.4 Å². The van der Waals surface area contributed by atoms with Gasteiger partial charge in [0, 0.05) is 23.0 Å². The van der Waals surface area contributed by atoms with Crippen LogP contribution in [0.2, 0.25) is 0 Å². The average molecular weight is 566 g/mol. The Bertz CT molecular complexity index is 1890. The van der Waals surface area contributed by atoms with Crippen LogP contribution in [0.3, 0.4) is 0 Å². The van der Waals surface area contributed by atoms with Crippen LogP contribution < -0.4 is 4.90 Å². The third-order valence-electron chi connectivity index (χ3n) is 8.58. The van der Waals surface area contributed by atoms with Gasteiger partial charge in [-0.15, -0.1) is 0 Å². The lowest BCUT2D eigenvalue weighted by Crippen LogP contribution is -2.20. The van der Waals surface area contributed by atoms with Crippen LogP contribution in [0.1, 0.15) is 18.4 Å². The minimum absolute atomic E-state index is 0.348. The van der Waals surface area contributed by atoms with Crippen molar-refractivity contribution in [1.29, 1.82) is 0 Å². The molecule has 212 valence electrons. The number of hydrogen-bond donors (Lipinski definition) is 0. The topological polar surface area (TPSA) is 3.24 Å². The molecule has 2 unspecified atom stereocenters. The molecule has 2 atom stereocenters. The Labute approximate surface area is 261 Å². The Morgan fingerprint density at radius 3 is 1.55 bits per heavy atom. The molecular weight excluding hydrogens is 530 g/mol. The number of hydrogen-bond acceptors (Lipinski definition) is 1. The van der Waals surface area contributed by atoms with Crippen molar-refractivity contribution in [1.82, 2.24) is 0 Å². The summed E-state index contributed by atoms with van der Waals surface area (Å²) in [5.41, 5.74) is 12.1. The molecule has 1 aliphatic rings. The van der Waals surface area contributed by atoms with E-state index in [0.717, 1.165) is 11.4 Å². The third-order valence-corrected chi connectivity index (χ3v) is 8.58. The van der Waals surface area contributed by atoms with Crippen LogP contribution in [-0.2, 0) is 0 Å². The van der Waals surface area contributed by atoms with E-state index in [1.807, 2.05) is 0 Å². The molecule has 0 aromatic heterocycles. The van der Waals surface area contributed by atoms with E-state index in [9.17, 15) is 0 Å². The Balaban J connectivity index is 1.35. The molecule has 6 aromatic carbocycles. The van der Waals surface area contributed by atoms with Gasteiger partial charge in [-0.3, -0.25) is 0 Å². The highest BCUT2D eigenvalue weighted by Gasteiger charge is 2.23. The Kier molecular flexibility index (Phi) is 7.76. The molecule has 6 aromatic rings. The van der Waals surface area contributed by atoms with Crippen LogP contribution in [0.5, 0.6) is 0 Å². The fourth-order valence-corrected chi connectivity index (χ4v) is 6.32. The summed E-state index contributed by atoms with van der Waals surface area (Å²) >= 11 is 0. The summed E-state index contributed by atoms with van der Waals surface area (Å²) in [4.78, 5) is 2.41. The van der Waals surface area contributed by atoms with Gasteiger partial charge in [0.05, 0.1) is 0 Å². The first kappa shape index (κ1) is 27.4. The maximum absolute atomic E-state index is 2.43. The van der Waals surface area contributed by atoms with E-state index in [1.165, 1.54) is 44.6 Å². The normalized spacial score (nSPS) is 15.9. The summed E-state index contributed by atoms with van der Waals surface area (Å²) < 4.78 is 0. The second-order valence-electron chi connectivity index (χ2n) is 11.5. The quantitative estimate of drug-likeness (QED) is 0.186. The van der Waals surface area contributed by atoms with Gasteiger partial charge in [0.2, 0.25) is 0 Å². The summed E-state index contributed by atoms with van der Waals surface area (Å²) in [6, 6.07) is 58.7. The number of allylic oxidation sites excluding steroid dienone is 3. The lowest BCUT2D eigenvalue weighted by atomic mass is 9.83. The fraction of sp³-hybridized carbons (Fsp3) is 0.0698. The third kappa shape index (κ3) is 5.65. The van der Waals surface area contributed by atoms with Crippen molar-refractivity contribution in [2.45, 2.75) is 12.8 Å². The van der Waals surface area contributed by atoms with Gasteiger partial charge in [-0.2, -0.15) is 0 Å². The van der Waals surface area contributed by atoms with Crippen molar-refractivity contribution in [3.05, 3.63) is 193 Å². The van der Waals surface area contributed by atoms with Crippen LogP contribution in [-0.4, -0.2) is 0 Å². The summed E-state index contributed by atoms with van der Waals surface area (Å²) in [5, 5.41) is 0. The molecule has 0 radical (unpaired) electrons. The van der Waals surface area contributed by atoms with Gasteiger partial charge >= 0.3 is 0 Å². The first-order valence-electron chi connectivity index (χ1n) is 15.4. The van der Waals surface area contributed by atoms with Crippen LogP contribution in [0, 0.1) is 5.92 Å².